The van der Waals surface area contributed by atoms with E-state index in [1.165, 1.54) is 16.5 Å². The molecule has 2 saturated carbocycles. The third-order valence-corrected chi connectivity index (χ3v) is 10.3. The molecule has 2 aliphatic carbocycles. The van der Waals surface area contributed by atoms with Crippen LogP contribution in [0.15, 0.2) is 47.6 Å². The molecule has 1 aliphatic heterocycles. The van der Waals surface area contributed by atoms with Gasteiger partial charge in [-0.3, -0.25) is 4.90 Å². The maximum atomic E-state index is 12.9. The fourth-order valence-corrected chi connectivity index (χ4v) is 8.12. The second-order valence-electron chi connectivity index (χ2n) is 10.5. The molecule has 3 aliphatic rings. The van der Waals surface area contributed by atoms with E-state index in [0.717, 1.165) is 64.6 Å². The minimum atomic E-state index is -3.37. The SMILES string of the molecule is O=S(=O)(c1ccc(N[C@@H]2C[C@@H]3CN(Cc4ccc5[nH]ccc5c4)C[C@@H]3C2)nn1)C1CCCCC1. The number of benzene rings is 1. The Balaban J connectivity index is 1.03. The maximum Gasteiger partial charge on any atom is 0.200 e. The third-order valence-electron chi connectivity index (χ3n) is 8.13. The Kier molecular flexibility index (Phi) is 5.81. The van der Waals surface area contributed by atoms with E-state index in [2.05, 4.69) is 49.7 Å². The highest BCUT2D eigenvalue weighted by atomic mass is 32.2. The maximum absolute atomic E-state index is 12.9. The van der Waals surface area contributed by atoms with E-state index in [9.17, 15) is 8.42 Å². The number of nitrogens with zero attached hydrogens (tertiary/aromatic N) is 3. The summed E-state index contributed by atoms with van der Waals surface area (Å²) in [6.07, 6.45) is 8.84. The molecule has 0 radical (unpaired) electrons. The minimum absolute atomic E-state index is 0.127. The molecule has 3 atom stereocenters. The Morgan fingerprint density at radius 1 is 0.971 bits per heavy atom. The lowest BCUT2D eigenvalue weighted by molar-refractivity contribution is 0.301. The Bertz CT molecular complexity index is 1240. The Hall–Kier alpha value is -2.45. The number of H-pyrrole nitrogens is 1. The summed E-state index contributed by atoms with van der Waals surface area (Å²) < 4.78 is 25.7. The lowest BCUT2D eigenvalue weighted by atomic mass is 10.0. The van der Waals surface area contributed by atoms with Gasteiger partial charge >= 0.3 is 0 Å². The molecule has 3 fully saturated rings. The number of rotatable bonds is 6. The van der Waals surface area contributed by atoms with Gasteiger partial charge < -0.3 is 10.3 Å². The predicted octanol–water partition coefficient (Wildman–Crippen LogP) is 4.39. The molecule has 180 valence electrons. The van der Waals surface area contributed by atoms with E-state index in [1.807, 2.05) is 6.20 Å². The van der Waals surface area contributed by atoms with Crippen molar-refractivity contribution in [2.45, 2.75) is 67.8 Å². The van der Waals surface area contributed by atoms with Crippen molar-refractivity contribution in [3.63, 3.8) is 0 Å². The van der Waals surface area contributed by atoms with Crippen LogP contribution in [0.25, 0.3) is 10.9 Å². The summed E-state index contributed by atoms with van der Waals surface area (Å²) in [7, 11) is -3.37. The third kappa shape index (κ3) is 4.33. The molecule has 7 nitrogen and oxygen atoms in total. The van der Waals surface area contributed by atoms with Gasteiger partial charge in [0.1, 0.15) is 5.82 Å². The summed E-state index contributed by atoms with van der Waals surface area (Å²) in [5.74, 6) is 2.09. The lowest BCUT2D eigenvalue weighted by Crippen LogP contribution is -2.26. The minimum Gasteiger partial charge on any atom is -0.366 e. The Morgan fingerprint density at radius 2 is 1.76 bits per heavy atom. The van der Waals surface area contributed by atoms with Crippen LogP contribution in [-0.4, -0.2) is 52.9 Å². The van der Waals surface area contributed by atoms with Gasteiger partial charge in [0.05, 0.1) is 5.25 Å². The number of likely N-dealkylation sites (tertiary alicyclic amines) is 1. The molecule has 2 N–H and O–H groups in total. The Labute approximate surface area is 201 Å². The van der Waals surface area contributed by atoms with Crippen molar-refractivity contribution in [1.82, 2.24) is 20.1 Å². The van der Waals surface area contributed by atoms with Crippen LogP contribution in [0.5, 0.6) is 0 Å². The van der Waals surface area contributed by atoms with Crippen LogP contribution in [0.3, 0.4) is 0 Å². The highest BCUT2D eigenvalue weighted by Gasteiger charge is 2.41. The molecule has 0 spiro atoms. The zero-order chi connectivity index (χ0) is 23.1. The number of hydrogen-bond acceptors (Lipinski definition) is 6. The quantitative estimate of drug-likeness (QED) is 0.545. The fraction of sp³-hybridized carbons (Fsp3) is 0.538. The number of aromatic amines is 1. The molecule has 2 aromatic heterocycles. The number of sulfone groups is 1. The summed E-state index contributed by atoms with van der Waals surface area (Å²) in [5.41, 5.74) is 2.57. The van der Waals surface area contributed by atoms with Gasteiger partial charge in [-0.05, 0) is 78.8 Å². The fourth-order valence-electron chi connectivity index (χ4n) is 6.41. The Morgan fingerprint density at radius 3 is 2.50 bits per heavy atom. The lowest BCUT2D eigenvalue weighted by Gasteiger charge is -2.21. The van der Waals surface area contributed by atoms with E-state index < -0.39 is 9.84 Å². The standard InChI is InChI=1S/C26H33N5O2S/c32-34(33,23-4-2-1-3-5-23)26-9-8-25(29-30-26)28-22-13-20-16-31(17-21(20)14-22)15-18-6-7-24-19(12-18)10-11-27-24/h6-12,20-23,27H,1-5,13-17H2,(H,28,29)/t20-,21+,22-. The van der Waals surface area contributed by atoms with Gasteiger partial charge in [-0.25, -0.2) is 8.42 Å². The topological polar surface area (TPSA) is 91.0 Å². The molecule has 6 rings (SSSR count). The number of fused-ring (bicyclic) bond motifs is 2. The molecular weight excluding hydrogens is 446 g/mol. The van der Waals surface area contributed by atoms with Crippen molar-refractivity contribution in [3.8, 4) is 0 Å². The molecule has 3 heterocycles. The molecule has 0 unspecified atom stereocenters. The first kappa shape index (κ1) is 22.0. The first-order chi connectivity index (χ1) is 16.5. The van der Waals surface area contributed by atoms with Gasteiger partial charge in [-0.1, -0.05) is 25.3 Å². The van der Waals surface area contributed by atoms with Crippen molar-refractivity contribution in [3.05, 3.63) is 48.2 Å². The number of anilines is 1. The van der Waals surface area contributed by atoms with Gasteiger partial charge in [0.15, 0.2) is 14.9 Å². The van der Waals surface area contributed by atoms with E-state index in [-0.39, 0.29) is 10.3 Å². The van der Waals surface area contributed by atoms with Gasteiger partial charge in [-0.15, -0.1) is 10.2 Å². The normalized spacial score (nSPS) is 26.2. The van der Waals surface area contributed by atoms with Gasteiger partial charge in [-0.2, -0.15) is 0 Å². The van der Waals surface area contributed by atoms with Crippen LogP contribution in [0, 0.1) is 11.8 Å². The van der Waals surface area contributed by atoms with Crippen LogP contribution in [0.4, 0.5) is 5.82 Å². The van der Waals surface area contributed by atoms with Crippen LogP contribution in [0.2, 0.25) is 0 Å². The number of hydrogen-bond donors (Lipinski definition) is 2. The predicted molar refractivity (Wildman–Crippen MR) is 133 cm³/mol. The zero-order valence-corrected chi connectivity index (χ0v) is 20.3. The molecule has 8 heteroatoms. The summed E-state index contributed by atoms with van der Waals surface area (Å²) in [5, 5.41) is 13.0. The highest BCUT2D eigenvalue weighted by molar-refractivity contribution is 7.92. The summed E-state index contributed by atoms with van der Waals surface area (Å²) in [4.78, 5) is 5.85. The smallest absolute Gasteiger partial charge is 0.200 e. The summed E-state index contributed by atoms with van der Waals surface area (Å²) in [6, 6.07) is 12.6. The van der Waals surface area contributed by atoms with E-state index in [0.29, 0.717) is 23.7 Å². The van der Waals surface area contributed by atoms with Gasteiger partial charge in [0.2, 0.25) is 0 Å². The number of nitrogens with one attached hydrogen (secondary N) is 2. The summed E-state index contributed by atoms with van der Waals surface area (Å²) in [6.45, 7) is 3.28. The monoisotopic (exact) mass is 479 g/mol. The molecule has 3 aromatic rings. The molecule has 0 bridgehead atoms. The van der Waals surface area contributed by atoms with E-state index in [1.54, 1.807) is 12.1 Å². The van der Waals surface area contributed by atoms with Gasteiger partial charge in [0, 0.05) is 37.4 Å². The molecule has 0 amide bonds. The van der Waals surface area contributed by atoms with Crippen molar-refractivity contribution in [2.24, 2.45) is 11.8 Å². The number of aromatic nitrogens is 3. The van der Waals surface area contributed by atoms with E-state index >= 15 is 0 Å². The van der Waals surface area contributed by atoms with Crippen molar-refractivity contribution >= 4 is 26.6 Å². The molecular formula is C26H33N5O2S. The first-order valence-corrected chi connectivity index (χ1v) is 14.2. The second-order valence-corrected chi connectivity index (χ2v) is 12.7. The average Bonchev–Trinajstić information content (AvgIpc) is 3.55. The highest BCUT2D eigenvalue weighted by Crippen LogP contribution is 2.39. The largest absolute Gasteiger partial charge is 0.366 e. The van der Waals surface area contributed by atoms with Crippen LogP contribution in [-0.2, 0) is 16.4 Å². The van der Waals surface area contributed by atoms with Gasteiger partial charge in [0.25, 0.3) is 0 Å². The zero-order valence-electron chi connectivity index (χ0n) is 19.5. The van der Waals surface area contributed by atoms with Crippen molar-refractivity contribution in [1.29, 1.82) is 0 Å². The summed E-state index contributed by atoms with van der Waals surface area (Å²) >= 11 is 0. The molecule has 34 heavy (non-hydrogen) atoms. The molecule has 1 aromatic carbocycles. The van der Waals surface area contributed by atoms with E-state index in [4.69, 9.17) is 0 Å². The molecule has 1 saturated heterocycles. The van der Waals surface area contributed by atoms with Crippen LogP contribution in [0.1, 0.15) is 50.5 Å². The second kappa shape index (κ2) is 8.96. The van der Waals surface area contributed by atoms with Crippen molar-refractivity contribution < 1.29 is 8.42 Å². The van der Waals surface area contributed by atoms with Crippen LogP contribution >= 0.6 is 0 Å². The first-order valence-electron chi connectivity index (χ1n) is 12.7. The average molecular weight is 480 g/mol. The van der Waals surface area contributed by atoms with Crippen molar-refractivity contribution in [2.75, 3.05) is 18.4 Å². The van der Waals surface area contributed by atoms with Crippen LogP contribution < -0.4 is 5.32 Å².